The van der Waals surface area contributed by atoms with E-state index in [9.17, 15) is 9.59 Å². The van der Waals surface area contributed by atoms with Gasteiger partial charge in [-0.1, -0.05) is 48.9 Å². The van der Waals surface area contributed by atoms with E-state index in [2.05, 4.69) is 22.0 Å². The summed E-state index contributed by atoms with van der Waals surface area (Å²) in [5.41, 5.74) is 2.16. The third-order valence-electron chi connectivity index (χ3n) is 6.71. The molecule has 0 aromatic heterocycles. The topological polar surface area (TPSA) is 59.1 Å². The number of rotatable bonds is 4. The molecule has 0 aliphatic carbocycles. The normalized spacial score (nSPS) is 28.2. The number of halogens is 1. The van der Waals surface area contributed by atoms with Crippen molar-refractivity contribution in [1.29, 1.82) is 0 Å². The van der Waals surface area contributed by atoms with Gasteiger partial charge < -0.3 is 9.80 Å². The number of carbonyl (C=O) groups is 2. The first kappa shape index (κ1) is 21.2. The molecule has 5 rings (SSSR count). The van der Waals surface area contributed by atoms with Gasteiger partial charge in [0.25, 0.3) is 5.91 Å². The number of hydrogen-bond donors (Lipinski definition) is 1. The van der Waals surface area contributed by atoms with Gasteiger partial charge in [0, 0.05) is 37.4 Å². The summed E-state index contributed by atoms with van der Waals surface area (Å²) in [7, 11) is 1.78. The first-order valence-electron chi connectivity index (χ1n) is 11.1. The van der Waals surface area contributed by atoms with Crippen LogP contribution in [0, 0.1) is 5.92 Å². The van der Waals surface area contributed by atoms with Gasteiger partial charge in [-0.2, -0.15) is 0 Å². The predicted molar refractivity (Wildman–Crippen MR) is 124 cm³/mol. The van der Waals surface area contributed by atoms with Gasteiger partial charge in [-0.3, -0.25) is 19.9 Å². The van der Waals surface area contributed by atoms with Crippen LogP contribution in [0.2, 0.25) is 5.02 Å². The molecule has 4 atom stereocenters. The minimum Gasteiger partial charge on any atom is -0.343 e. The van der Waals surface area contributed by atoms with E-state index < -0.39 is 6.04 Å². The fraction of sp³-hybridized carbons (Fsp3) is 0.417. The summed E-state index contributed by atoms with van der Waals surface area (Å²) >= 11 is 6.10. The Kier molecular flexibility index (Phi) is 5.57. The lowest BCUT2D eigenvalue weighted by atomic mass is 10.0. The lowest BCUT2D eigenvalue weighted by Gasteiger charge is -2.46. The number of nitrogens with zero attached hydrogens (tertiary/aromatic N) is 4. The highest BCUT2D eigenvalue weighted by molar-refractivity contribution is 6.30. The zero-order valence-electron chi connectivity index (χ0n) is 18.3. The number of hydrogen-bond acceptors (Lipinski definition) is 5. The maximum absolute atomic E-state index is 13.6. The lowest BCUT2D eigenvalue weighted by molar-refractivity contribution is -0.138. The smallest absolute Gasteiger partial charge is 0.327 e. The van der Waals surface area contributed by atoms with E-state index in [4.69, 9.17) is 11.6 Å². The minimum absolute atomic E-state index is 0.116. The zero-order valence-corrected chi connectivity index (χ0v) is 19.1. The highest BCUT2D eigenvalue weighted by Crippen LogP contribution is 2.34. The Labute approximate surface area is 193 Å². The maximum atomic E-state index is 13.6. The molecule has 0 radical (unpaired) electrons. The number of likely N-dealkylation sites (N-methyl/N-ethyl adjacent to an activating group) is 1. The molecule has 3 aliphatic heterocycles. The van der Waals surface area contributed by atoms with Crippen LogP contribution in [0.5, 0.6) is 0 Å². The van der Waals surface area contributed by atoms with Crippen molar-refractivity contribution < 1.29 is 9.59 Å². The Hall–Kier alpha value is -2.61. The van der Waals surface area contributed by atoms with Crippen LogP contribution in [-0.2, 0) is 11.2 Å². The van der Waals surface area contributed by atoms with Gasteiger partial charge in [0.1, 0.15) is 18.5 Å². The van der Waals surface area contributed by atoms with Gasteiger partial charge >= 0.3 is 6.03 Å². The Morgan fingerprint density at radius 2 is 1.75 bits per heavy atom. The Morgan fingerprint density at radius 1 is 1.03 bits per heavy atom. The molecular formula is C24H28ClN5O2. The van der Waals surface area contributed by atoms with Crippen LogP contribution in [-0.4, -0.2) is 71.8 Å². The van der Waals surface area contributed by atoms with Gasteiger partial charge in [0.15, 0.2) is 0 Å². The molecule has 168 valence electrons. The molecule has 2 aromatic carbocycles. The molecule has 2 aromatic rings. The van der Waals surface area contributed by atoms with Gasteiger partial charge in [0.2, 0.25) is 0 Å². The SMILES string of the molecule is CC1CN(c2ccc(Cl)cc2)C2NC3C(C(=O)N(CCc4ccccc4)C(=O)N3C)N2C1. The van der Waals surface area contributed by atoms with Crippen molar-refractivity contribution in [2.75, 3.05) is 31.6 Å². The Balaban J connectivity index is 1.40. The second-order valence-electron chi connectivity index (χ2n) is 8.98. The number of fused-ring (bicyclic) bond motifs is 3. The lowest BCUT2D eigenvalue weighted by Crippen LogP contribution is -2.66. The van der Waals surface area contributed by atoms with Crippen molar-refractivity contribution in [3.8, 4) is 0 Å². The molecule has 32 heavy (non-hydrogen) atoms. The van der Waals surface area contributed by atoms with Crippen molar-refractivity contribution in [3.63, 3.8) is 0 Å². The maximum Gasteiger partial charge on any atom is 0.327 e. The van der Waals surface area contributed by atoms with E-state index in [-0.39, 0.29) is 24.4 Å². The van der Waals surface area contributed by atoms with Gasteiger partial charge in [-0.15, -0.1) is 0 Å². The number of urea groups is 1. The first-order chi connectivity index (χ1) is 15.4. The number of imide groups is 1. The van der Waals surface area contributed by atoms with Crippen LogP contribution in [0.25, 0.3) is 0 Å². The highest BCUT2D eigenvalue weighted by Gasteiger charge is 2.56. The van der Waals surface area contributed by atoms with E-state index >= 15 is 0 Å². The predicted octanol–water partition coefficient (Wildman–Crippen LogP) is 2.82. The second kappa shape index (κ2) is 8.39. The largest absolute Gasteiger partial charge is 0.343 e. The summed E-state index contributed by atoms with van der Waals surface area (Å²) in [6, 6.07) is 17.1. The van der Waals surface area contributed by atoms with Crippen LogP contribution < -0.4 is 10.2 Å². The summed E-state index contributed by atoms with van der Waals surface area (Å²) in [5, 5.41) is 4.25. The van der Waals surface area contributed by atoms with Gasteiger partial charge in [0.05, 0.1) is 0 Å². The van der Waals surface area contributed by atoms with E-state index in [1.165, 1.54) is 4.90 Å². The van der Waals surface area contributed by atoms with Crippen molar-refractivity contribution >= 4 is 29.2 Å². The van der Waals surface area contributed by atoms with Crippen molar-refractivity contribution in [2.24, 2.45) is 5.92 Å². The van der Waals surface area contributed by atoms with E-state index in [0.717, 1.165) is 24.3 Å². The van der Waals surface area contributed by atoms with Gasteiger partial charge in [-0.05, 0) is 42.2 Å². The molecule has 3 fully saturated rings. The minimum atomic E-state index is -0.406. The molecular weight excluding hydrogens is 426 g/mol. The number of carbonyl (C=O) groups excluding carboxylic acids is 2. The standard InChI is InChI=1S/C24H28ClN5O2/c1-16-14-29(19-10-8-18(25)9-11-19)23-26-21-20(30(23)15-16)22(31)28(24(32)27(21)2)13-12-17-6-4-3-5-7-17/h3-11,16,20-21,23,26H,12-15H2,1-2H3. The summed E-state index contributed by atoms with van der Waals surface area (Å²) < 4.78 is 0. The molecule has 7 nitrogen and oxygen atoms in total. The van der Waals surface area contributed by atoms with Crippen LogP contribution in [0.4, 0.5) is 10.5 Å². The molecule has 3 heterocycles. The fourth-order valence-corrected chi connectivity index (χ4v) is 5.27. The third-order valence-corrected chi connectivity index (χ3v) is 6.96. The summed E-state index contributed by atoms with van der Waals surface area (Å²) in [6.07, 6.45) is 0.136. The zero-order chi connectivity index (χ0) is 22.4. The van der Waals surface area contributed by atoms with Crippen LogP contribution in [0.15, 0.2) is 54.6 Å². The molecule has 0 bridgehead atoms. The molecule has 3 aliphatic rings. The summed E-state index contributed by atoms with van der Waals surface area (Å²) in [4.78, 5) is 34.3. The number of anilines is 1. The van der Waals surface area contributed by atoms with Crippen LogP contribution in [0.3, 0.4) is 0 Å². The van der Waals surface area contributed by atoms with E-state index in [0.29, 0.717) is 23.9 Å². The first-order valence-corrected chi connectivity index (χ1v) is 11.5. The van der Waals surface area contributed by atoms with Crippen LogP contribution >= 0.6 is 11.6 Å². The molecule has 3 amide bonds. The van der Waals surface area contributed by atoms with Crippen molar-refractivity contribution in [3.05, 3.63) is 65.2 Å². The molecule has 1 N–H and O–H groups in total. The molecule has 4 unspecified atom stereocenters. The number of nitrogens with one attached hydrogen (secondary N) is 1. The number of amides is 3. The van der Waals surface area contributed by atoms with Gasteiger partial charge in [-0.25, -0.2) is 4.79 Å². The fourth-order valence-electron chi connectivity index (χ4n) is 5.14. The molecule has 3 saturated heterocycles. The van der Waals surface area contributed by atoms with Crippen molar-refractivity contribution in [1.82, 2.24) is 20.0 Å². The third kappa shape index (κ3) is 3.64. The molecule has 8 heteroatoms. The van der Waals surface area contributed by atoms with Crippen LogP contribution in [0.1, 0.15) is 12.5 Å². The average Bonchev–Trinajstić information content (AvgIpc) is 3.18. The molecule has 0 spiro atoms. The second-order valence-corrected chi connectivity index (χ2v) is 9.42. The van der Waals surface area contributed by atoms with Crippen molar-refractivity contribution in [2.45, 2.75) is 31.8 Å². The average molecular weight is 454 g/mol. The summed E-state index contributed by atoms with van der Waals surface area (Å²) in [6.45, 7) is 4.23. The highest BCUT2D eigenvalue weighted by atomic mass is 35.5. The summed E-state index contributed by atoms with van der Waals surface area (Å²) in [5.74, 6) is 0.255. The van der Waals surface area contributed by atoms with E-state index in [1.54, 1.807) is 11.9 Å². The Bertz CT molecular complexity index is 1000. The number of benzene rings is 2. The van der Waals surface area contributed by atoms with E-state index in [1.807, 2.05) is 54.6 Å². The quantitative estimate of drug-likeness (QED) is 0.771. The Morgan fingerprint density at radius 3 is 2.47 bits per heavy atom. The monoisotopic (exact) mass is 453 g/mol. The molecule has 0 saturated carbocycles.